The van der Waals surface area contributed by atoms with Gasteiger partial charge in [0.25, 0.3) is 0 Å². The van der Waals surface area contributed by atoms with Crippen LogP contribution in [0.3, 0.4) is 0 Å². The normalized spacial score (nSPS) is 13.2. The number of aromatic nitrogens is 5. The Hall–Kier alpha value is -3.47. The number of hydrogen-bond donors (Lipinski definition) is 3. The van der Waals surface area contributed by atoms with Crippen molar-refractivity contribution in [2.45, 2.75) is 25.3 Å². The second-order valence-electron chi connectivity index (χ2n) is 5.90. The molecular formula is C17H16N8. The van der Waals surface area contributed by atoms with Gasteiger partial charge in [0, 0.05) is 24.2 Å². The van der Waals surface area contributed by atoms with Crippen LogP contribution in [-0.2, 0) is 6.54 Å². The molecule has 8 heteroatoms. The van der Waals surface area contributed by atoms with Crippen LogP contribution in [0.25, 0.3) is 0 Å². The van der Waals surface area contributed by atoms with Gasteiger partial charge in [-0.2, -0.15) is 15.3 Å². The average molecular weight is 332 g/mol. The summed E-state index contributed by atoms with van der Waals surface area (Å²) in [4.78, 5) is 12.6. The number of anilines is 3. The van der Waals surface area contributed by atoms with E-state index in [0.29, 0.717) is 35.7 Å². The predicted octanol–water partition coefficient (Wildman–Crippen LogP) is 2.70. The number of rotatable bonds is 6. The second kappa shape index (κ2) is 6.57. The van der Waals surface area contributed by atoms with Crippen LogP contribution in [-0.4, -0.2) is 25.1 Å². The molecule has 25 heavy (non-hydrogen) atoms. The smallest absolute Gasteiger partial charge is 0.233 e. The maximum Gasteiger partial charge on any atom is 0.233 e. The molecule has 0 bridgehead atoms. The Morgan fingerprint density at radius 1 is 1.16 bits per heavy atom. The highest BCUT2D eigenvalue weighted by molar-refractivity contribution is 5.49. The van der Waals surface area contributed by atoms with Gasteiger partial charge in [0.05, 0.1) is 11.6 Å². The summed E-state index contributed by atoms with van der Waals surface area (Å²) in [5.41, 5.74) is 2.82. The zero-order valence-electron chi connectivity index (χ0n) is 13.4. The molecule has 1 aliphatic rings. The van der Waals surface area contributed by atoms with Gasteiger partial charge < -0.3 is 10.6 Å². The topological polar surface area (TPSA) is 115 Å². The van der Waals surface area contributed by atoms with Crippen LogP contribution >= 0.6 is 0 Å². The van der Waals surface area contributed by atoms with E-state index in [0.717, 1.165) is 11.3 Å². The van der Waals surface area contributed by atoms with Gasteiger partial charge in [0.2, 0.25) is 11.9 Å². The number of nitriles is 1. The molecule has 0 aliphatic heterocycles. The number of benzene rings is 1. The molecule has 0 unspecified atom stereocenters. The van der Waals surface area contributed by atoms with Crippen molar-refractivity contribution in [1.29, 1.82) is 5.26 Å². The highest BCUT2D eigenvalue weighted by atomic mass is 15.3. The molecule has 124 valence electrons. The standard InChI is InChI=1S/C17H16N8/c18-8-11-1-3-12(4-2-11)9-19-16-20-10-21-17(23-16)22-15-7-14(24-25-15)13-5-6-13/h1-4,7,10,13H,5-6,9H2,(H3,19,20,21,22,23,24,25). The lowest BCUT2D eigenvalue weighted by molar-refractivity contribution is 0.963. The van der Waals surface area contributed by atoms with Crippen LogP contribution in [0.15, 0.2) is 36.7 Å². The minimum Gasteiger partial charge on any atom is -0.350 e. The van der Waals surface area contributed by atoms with Crippen molar-refractivity contribution in [3.05, 3.63) is 53.5 Å². The van der Waals surface area contributed by atoms with Crippen LogP contribution in [0.2, 0.25) is 0 Å². The number of aromatic amines is 1. The molecule has 1 aromatic carbocycles. The summed E-state index contributed by atoms with van der Waals surface area (Å²) >= 11 is 0. The second-order valence-corrected chi connectivity index (χ2v) is 5.90. The number of nitrogens with one attached hydrogen (secondary N) is 3. The van der Waals surface area contributed by atoms with Gasteiger partial charge in [-0.1, -0.05) is 12.1 Å². The largest absolute Gasteiger partial charge is 0.350 e. The van der Waals surface area contributed by atoms with Crippen molar-refractivity contribution >= 4 is 17.7 Å². The number of H-pyrrole nitrogens is 1. The Kier molecular flexibility index (Phi) is 3.96. The molecule has 1 saturated carbocycles. The molecule has 0 amide bonds. The molecule has 3 N–H and O–H groups in total. The molecule has 0 radical (unpaired) electrons. The van der Waals surface area contributed by atoms with Crippen LogP contribution < -0.4 is 10.6 Å². The first-order valence-corrected chi connectivity index (χ1v) is 8.04. The van der Waals surface area contributed by atoms with Gasteiger partial charge >= 0.3 is 0 Å². The van der Waals surface area contributed by atoms with E-state index < -0.39 is 0 Å². The average Bonchev–Trinajstić information content (AvgIpc) is 3.40. The maximum absolute atomic E-state index is 8.82. The van der Waals surface area contributed by atoms with Crippen molar-refractivity contribution in [3.8, 4) is 6.07 Å². The van der Waals surface area contributed by atoms with Crippen molar-refractivity contribution in [1.82, 2.24) is 25.1 Å². The molecular weight excluding hydrogens is 316 g/mol. The third-order valence-corrected chi connectivity index (χ3v) is 3.96. The molecule has 3 aromatic rings. The summed E-state index contributed by atoms with van der Waals surface area (Å²) in [6.07, 6.45) is 3.89. The van der Waals surface area contributed by atoms with E-state index >= 15 is 0 Å². The molecule has 8 nitrogen and oxygen atoms in total. The lowest BCUT2D eigenvalue weighted by Gasteiger charge is -2.06. The fraction of sp³-hybridized carbons (Fsp3) is 0.235. The quantitative estimate of drug-likeness (QED) is 0.635. The van der Waals surface area contributed by atoms with E-state index in [4.69, 9.17) is 5.26 Å². The van der Waals surface area contributed by atoms with Gasteiger partial charge in [-0.3, -0.25) is 5.10 Å². The summed E-state index contributed by atoms with van der Waals surface area (Å²) in [7, 11) is 0. The third-order valence-electron chi connectivity index (χ3n) is 3.96. The maximum atomic E-state index is 8.82. The molecule has 0 spiro atoms. The lowest BCUT2D eigenvalue weighted by Crippen LogP contribution is -2.06. The lowest BCUT2D eigenvalue weighted by atomic mass is 10.1. The van der Waals surface area contributed by atoms with Crippen LogP contribution in [0.4, 0.5) is 17.7 Å². The van der Waals surface area contributed by atoms with Crippen molar-refractivity contribution in [3.63, 3.8) is 0 Å². The summed E-state index contributed by atoms with van der Waals surface area (Å²) in [6.45, 7) is 0.559. The van der Waals surface area contributed by atoms with Crippen LogP contribution in [0.5, 0.6) is 0 Å². The van der Waals surface area contributed by atoms with Gasteiger partial charge in [-0.05, 0) is 30.5 Å². The molecule has 1 fully saturated rings. The van der Waals surface area contributed by atoms with Gasteiger partial charge in [-0.25, -0.2) is 9.97 Å². The summed E-state index contributed by atoms with van der Waals surface area (Å²) in [5.74, 6) is 2.23. The van der Waals surface area contributed by atoms with Crippen LogP contribution in [0.1, 0.15) is 35.6 Å². The van der Waals surface area contributed by atoms with E-state index in [1.54, 1.807) is 12.1 Å². The minimum atomic E-state index is 0.436. The molecule has 2 heterocycles. The highest BCUT2D eigenvalue weighted by Gasteiger charge is 2.25. The molecule has 0 saturated heterocycles. The highest BCUT2D eigenvalue weighted by Crippen LogP contribution is 2.39. The zero-order chi connectivity index (χ0) is 17.1. The van der Waals surface area contributed by atoms with Gasteiger partial charge in [0.15, 0.2) is 5.82 Å². The first kappa shape index (κ1) is 15.1. The van der Waals surface area contributed by atoms with Crippen molar-refractivity contribution in [2.75, 3.05) is 10.6 Å². The fourth-order valence-corrected chi connectivity index (χ4v) is 2.44. The number of hydrogen-bond acceptors (Lipinski definition) is 7. The molecule has 2 aromatic heterocycles. The monoisotopic (exact) mass is 332 g/mol. The molecule has 1 aliphatic carbocycles. The minimum absolute atomic E-state index is 0.436. The predicted molar refractivity (Wildman–Crippen MR) is 92.2 cm³/mol. The van der Waals surface area contributed by atoms with E-state index in [2.05, 4.69) is 41.9 Å². The summed E-state index contributed by atoms with van der Waals surface area (Å²) < 4.78 is 0. The fourth-order valence-electron chi connectivity index (χ4n) is 2.44. The zero-order valence-corrected chi connectivity index (χ0v) is 13.4. The van der Waals surface area contributed by atoms with Crippen molar-refractivity contribution < 1.29 is 0 Å². The van der Waals surface area contributed by atoms with E-state index in [1.165, 1.54) is 19.2 Å². The van der Waals surface area contributed by atoms with E-state index in [9.17, 15) is 0 Å². The van der Waals surface area contributed by atoms with Gasteiger partial charge in [0.1, 0.15) is 6.33 Å². The third kappa shape index (κ3) is 3.72. The Bertz CT molecular complexity index is 905. The summed E-state index contributed by atoms with van der Waals surface area (Å²) in [6, 6.07) is 11.5. The Morgan fingerprint density at radius 2 is 1.96 bits per heavy atom. The Labute approximate surface area is 144 Å². The van der Waals surface area contributed by atoms with Gasteiger partial charge in [-0.15, -0.1) is 0 Å². The Balaban J connectivity index is 1.39. The van der Waals surface area contributed by atoms with Crippen molar-refractivity contribution in [2.24, 2.45) is 0 Å². The SMILES string of the molecule is N#Cc1ccc(CNc2ncnc(Nc3cc(C4CC4)[nH]n3)n2)cc1. The van der Waals surface area contributed by atoms with Crippen LogP contribution in [0, 0.1) is 11.3 Å². The molecule has 4 rings (SSSR count). The number of nitrogens with zero attached hydrogens (tertiary/aromatic N) is 5. The first-order valence-electron chi connectivity index (χ1n) is 8.04. The first-order chi connectivity index (χ1) is 12.3. The van der Waals surface area contributed by atoms with E-state index in [-0.39, 0.29) is 0 Å². The Morgan fingerprint density at radius 3 is 2.72 bits per heavy atom. The molecule has 0 atom stereocenters. The summed E-state index contributed by atoms with van der Waals surface area (Å²) in [5, 5.41) is 22.3. The van der Waals surface area contributed by atoms with E-state index in [1.807, 2.05) is 18.2 Å².